The highest BCUT2D eigenvalue weighted by atomic mass is 32.1. The minimum absolute atomic E-state index is 0.497. The zero-order valence-electron chi connectivity index (χ0n) is 11.1. The Kier molecular flexibility index (Phi) is 4.60. The second-order valence-electron chi connectivity index (χ2n) is 4.94. The molecule has 1 aliphatic rings. The molecule has 2 heterocycles. The van der Waals surface area contributed by atoms with Crippen LogP contribution in [0.2, 0.25) is 0 Å². The van der Waals surface area contributed by atoms with Crippen LogP contribution in [0.3, 0.4) is 0 Å². The fourth-order valence-corrected chi connectivity index (χ4v) is 3.61. The molecule has 0 amide bonds. The summed E-state index contributed by atoms with van der Waals surface area (Å²) >= 11 is 1.93. The molecule has 2 unspecified atom stereocenters. The fraction of sp³-hybridized carbons (Fsp3) is 0.714. The van der Waals surface area contributed by atoms with Crippen LogP contribution in [0.1, 0.15) is 47.0 Å². The molecule has 3 heteroatoms. The molecule has 0 saturated carbocycles. The van der Waals surface area contributed by atoms with Crippen LogP contribution in [0, 0.1) is 13.8 Å². The van der Waals surface area contributed by atoms with E-state index in [2.05, 4.69) is 32.3 Å². The monoisotopic (exact) mass is 253 g/mol. The van der Waals surface area contributed by atoms with Crippen LogP contribution in [0.5, 0.6) is 0 Å². The average molecular weight is 253 g/mol. The van der Waals surface area contributed by atoms with Gasteiger partial charge in [-0.1, -0.05) is 0 Å². The molecular weight excluding hydrogens is 230 g/mol. The lowest BCUT2D eigenvalue weighted by Crippen LogP contribution is -2.17. The van der Waals surface area contributed by atoms with Gasteiger partial charge in [-0.2, -0.15) is 0 Å². The predicted octanol–water partition coefficient (Wildman–Crippen LogP) is 3.58. The Morgan fingerprint density at radius 3 is 2.88 bits per heavy atom. The Bertz CT molecular complexity index is 336. The van der Waals surface area contributed by atoms with Crippen LogP contribution in [0.4, 0.5) is 0 Å². The van der Waals surface area contributed by atoms with Crippen molar-refractivity contribution in [2.75, 3.05) is 13.7 Å². The van der Waals surface area contributed by atoms with Gasteiger partial charge in [-0.05, 0) is 58.2 Å². The Hall–Kier alpha value is -0.380. The lowest BCUT2D eigenvalue weighted by molar-refractivity contribution is 0.0999. The number of ether oxygens (including phenoxy) is 1. The molecule has 1 aromatic rings. The van der Waals surface area contributed by atoms with Crippen molar-refractivity contribution in [2.24, 2.45) is 0 Å². The lowest BCUT2D eigenvalue weighted by atomic mass is 10.0. The molecule has 1 aliphatic heterocycles. The number of nitrogens with one attached hydrogen (secondary N) is 1. The van der Waals surface area contributed by atoms with Gasteiger partial charge < -0.3 is 10.1 Å². The summed E-state index contributed by atoms with van der Waals surface area (Å²) in [6, 6.07) is 2.83. The molecule has 0 aliphatic carbocycles. The molecule has 1 saturated heterocycles. The van der Waals surface area contributed by atoms with Gasteiger partial charge in [0.2, 0.25) is 0 Å². The van der Waals surface area contributed by atoms with Crippen molar-refractivity contribution >= 4 is 11.3 Å². The Labute approximate surface area is 108 Å². The van der Waals surface area contributed by atoms with Crippen molar-refractivity contribution in [1.29, 1.82) is 0 Å². The number of aryl methyl sites for hydroxylation is 2. The normalized spacial score (nSPS) is 21.9. The molecule has 2 rings (SSSR count). The van der Waals surface area contributed by atoms with Gasteiger partial charge >= 0.3 is 0 Å². The molecule has 0 bridgehead atoms. The van der Waals surface area contributed by atoms with Crippen LogP contribution in [0.25, 0.3) is 0 Å². The largest absolute Gasteiger partial charge is 0.378 e. The molecule has 96 valence electrons. The molecule has 0 aromatic carbocycles. The van der Waals surface area contributed by atoms with E-state index in [0.29, 0.717) is 12.1 Å². The molecule has 1 N–H and O–H groups in total. The van der Waals surface area contributed by atoms with E-state index in [-0.39, 0.29) is 0 Å². The van der Waals surface area contributed by atoms with Crippen LogP contribution < -0.4 is 5.32 Å². The van der Waals surface area contributed by atoms with Gasteiger partial charge in [-0.25, -0.2) is 0 Å². The molecule has 0 radical (unpaired) electrons. The van der Waals surface area contributed by atoms with Gasteiger partial charge in [-0.15, -0.1) is 11.3 Å². The van der Waals surface area contributed by atoms with Crippen LogP contribution >= 0.6 is 11.3 Å². The molecule has 2 atom stereocenters. The molecule has 0 spiro atoms. The summed E-state index contributed by atoms with van der Waals surface area (Å²) in [6.07, 6.45) is 5.36. The third kappa shape index (κ3) is 3.30. The van der Waals surface area contributed by atoms with E-state index < -0.39 is 0 Å². The predicted molar refractivity (Wildman–Crippen MR) is 73.8 cm³/mol. The first-order valence-corrected chi connectivity index (χ1v) is 7.38. The second-order valence-corrected chi connectivity index (χ2v) is 6.23. The Morgan fingerprint density at radius 1 is 1.53 bits per heavy atom. The SMILES string of the molecule is CNC(CCC1CCCO1)c1cc(C)c(C)s1. The summed E-state index contributed by atoms with van der Waals surface area (Å²) in [4.78, 5) is 2.91. The summed E-state index contributed by atoms with van der Waals surface area (Å²) in [5, 5.41) is 3.44. The molecule has 17 heavy (non-hydrogen) atoms. The highest BCUT2D eigenvalue weighted by Gasteiger charge is 2.19. The summed E-state index contributed by atoms with van der Waals surface area (Å²) in [7, 11) is 2.06. The van der Waals surface area contributed by atoms with Crippen LogP contribution in [0.15, 0.2) is 6.07 Å². The quantitative estimate of drug-likeness (QED) is 0.866. The van der Waals surface area contributed by atoms with E-state index in [0.717, 1.165) is 6.61 Å². The fourth-order valence-electron chi connectivity index (χ4n) is 2.43. The van der Waals surface area contributed by atoms with Gasteiger partial charge in [0.1, 0.15) is 0 Å². The first-order chi connectivity index (χ1) is 8.20. The first kappa shape index (κ1) is 13.1. The van der Waals surface area contributed by atoms with Crippen molar-refractivity contribution in [1.82, 2.24) is 5.32 Å². The minimum atomic E-state index is 0.497. The smallest absolute Gasteiger partial charge is 0.0576 e. The maximum absolute atomic E-state index is 5.69. The highest BCUT2D eigenvalue weighted by molar-refractivity contribution is 7.12. The third-order valence-corrected chi connectivity index (χ3v) is 4.94. The highest BCUT2D eigenvalue weighted by Crippen LogP contribution is 2.30. The summed E-state index contributed by atoms with van der Waals surface area (Å²) in [5.41, 5.74) is 1.42. The van der Waals surface area contributed by atoms with Crippen LogP contribution in [-0.2, 0) is 4.74 Å². The van der Waals surface area contributed by atoms with Crippen LogP contribution in [-0.4, -0.2) is 19.8 Å². The van der Waals surface area contributed by atoms with Gasteiger partial charge in [0, 0.05) is 22.4 Å². The van der Waals surface area contributed by atoms with Crippen molar-refractivity contribution in [3.63, 3.8) is 0 Å². The summed E-state index contributed by atoms with van der Waals surface area (Å²) in [5.74, 6) is 0. The van der Waals surface area contributed by atoms with Crippen molar-refractivity contribution < 1.29 is 4.74 Å². The van der Waals surface area contributed by atoms with E-state index >= 15 is 0 Å². The molecule has 2 nitrogen and oxygen atoms in total. The van der Waals surface area contributed by atoms with Crippen molar-refractivity contribution in [2.45, 2.75) is 51.7 Å². The zero-order valence-corrected chi connectivity index (χ0v) is 11.9. The van der Waals surface area contributed by atoms with E-state index in [1.807, 2.05) is 11.3 Å². The first-order valence-electron chi connectivity index (χ1n) is 6.56. The van der Waals surface area contributed by atoms with E-state index in [4.69, 9.17) is 4.74 Å². The summed E-state index contributed by atoms with van der Waals surface area (Å²) in [6.45, 7) is 5.37. The Balaban J connectivity index is 1.91. The van der Waals surface area contributed by atoms with Crippen molar-refractivity contribution in [3.8, 4) is 0 Å². The van der Waals surface area contributed by atoms with Gasteiger partial charge in [0.15, 0.2) is 0 Å². The number of hydrogen-bond acceptors (Lipinski definition) is 3. The van der Waals surface area contributed by atoms with E-state index in [1.165, 1.54) is 41.0 Å². The number of rotatable bonds is 5. The standard InChI is InChI=1S/C14H23NOS/c1-10-9-14(17-11(10)2)13(15-3)7-6-12-5-4-8-16-12/h9,12-13,15H,4-8H2,1-3H3. The maximum Gasteiger partial charge on any atom is 0.0576 e. The van der Waals surface area contributed by atoms with Crippen molar-refractivity contribution in [3.05, 3.63) is 21.4 Å². The van der Waals surface area contributed by atoms with Gasteiger partial charge in [0.25, 0.3) is 0 Å². The molecule has 1 fully saturated rings. The lowest BCUT2D eigenvalue weighted by Gasteiger charge is -2.17. The van der Waals surface area contributed by atoms with Gasteiger partial charge in [0.05, 0.1) is 6.10 Å². The minimum Gasteiger partial charge on any atom is -0.378 e. The second kappa shape index (κ2) is 5.98. The topological polar surface area (TPSA) is 21.3 Å². The zero-order chi connectivity index (χ0) is 12.3. The van der Waals surface area contributed by atoms with E-state index in [1.54, 1.807) is 0 Å². The van der Waals surface area contributed by atoms with Gasteiger partial charge in [-0.3, -0.25) is 0 Å². The molecule has 1 aromatic heterocycles. The maximum atomic E-state index is 5.69. The molecular formula is C14H23NOS. The van der Waals surface area contributed by atoms with E-state index in [9.17, 15) is 0 Å². The average Bonchev–Trinajstić information content (AvgIpc) is 2.91. The Morgan fingerprint density at radius 2 is 2.35 bits per heavy atom. The number of hydrogen-bond donors (Lipinski definition) is 1. The third-order valence-electron chi connectivity index (χ3n) is 3.68. The number of thiophene rings is 1. The summed E-state index contributed by atoms with van der Waals surface area (Å²) < 4.78 is 5.69.